The van der Waals surface area contributed by atoms with E-state index in [9.17, 15) is 4.79 Å². The lowest BCUT2D eigenvalue weighted by molar-refractivity contribution is 0.0520. The summed E-state index contributed by atoms with van der Waals surface area (Å²) >= 11 is 5.79. The van der Waals surface area contributed by atoms with Gasteiger partial charge >= 0.3 is 5.97 Å². The number of benzene rings is 1. The molecule has 2 aromatic rings. The van der Waals surface area contributed by atoms with Crippen LogP contribution in [0.2, 0.25) is 0 Å². The van der Waals surface area contributed by atoms with Crippen LogP contribution in [0.5, 0.6) is 0 Å². The Morgan fingerprint density at radius 3 is 3.00 bits per heavy atom. The standard InChI is InChI=1S/C15H15ClN2O2/c1-2-20-15(19)14-8-11-7-10(3-5-12(16)9-17)4-6-13(11)18-14/h4,6-8,12,18H,2-3,5H2,1H3. The van der Waals surface area contributed by atoms with Crippen molar-refractivity contribution in [3.05, 3.63) is 35.5 Å². The van der Waals surface area contributed by atoms with Crippen molar-refractivity contribution in [1.29, 1.82) is 5.26 Å². The van der Waals surface area contributed by atoms with Gasteiger partial charge in [0.25, 0.3) is 0 Å². The SMILES string of the molecule is CCOC(=O)c1cc2cc(CCC(Cl)C#N)ccc2[nH]1. The normalized spacial score (nSPS) is 12.1. The van der Waals surface area contributed by atoms with Gasteiger partial charge in [0.1, 0.15) is 11.1 Å². The largest absolute Gasteiger partial charge is 0.461 e. The molecule has 104 valence electrons. The summed E-state index contributed by atoms with van der Waals surface area (Å²) in [6.07, 6.45) is 1.34. The number of nitrogens with zero attached hydrogens (tertiary/aromatic N) is 1. The minimum atomic E-state index is -0.466. The summed E-state index contributed by atoms with van der Waals surface area (Å²) in [7, 11) is 0. The van der Waals surface area contributed by atoms with Gasteiger partial charge in [-0.05, 0) is 43.5 Å². The molecule has 1 atom stereocenters. The van der Waals surface area contributed by atoms with Crippen LogP contribution in [0.25, 0.3) is 10.9 Å². The first-order valence-corrected chi connectivity index (χ1v) is 6.90. The topological polar surface area (TPSA) is 65.9 Å². The average Bonchev–Trinajstić information content (AvgIpc) is 2.88. The van der Waals surface area contributed by atoms with E-state index in [2.05, 4.69) is 4.98 Å². The zero-order valence-electron chi connectivity index (χ0n) is 11.1. The average molecular weight is 291 g/mol. The Hall–Kier alpha value is -1.99. The fraction of sp³-hybridized carbons (Fsp3) is 0.333. The summed E-state index contributed by atoms with van der Waals surface area (Å²) in [5.74, 6) is -0.351. The minimum absolute atomic E-state index is 0.351. The van der Waals surface area contributed by atoms with E-state index in [0.717, 1.165) is 22.9 Å². The fourth-order valence-electron chi connectivity index (χ4n) is 2.01. The number of halogens is 1. The van der Waals surface area contributed by atoms with E-state index < -0.39 is 5.38 Å². The number of esters is 1. The Morgan fingerprint density at radius 2 is 2.30 bits per heavy atom. The molecule has 0 saturated carbocycles. The number of ether oxygens (including phenoxy) is 1. The number of aromatic nitrogens is 1. The molecule has 20 heavy (non-hydrogen) atoms. The first-order chi connectivity index (χ1) is 9.63. The van der Waals surface area contributed by atoms with Crippen LogP contribution in [-0.4, -0.2) is 22.9 Å². The van der Waals surface area contributed by atoms with Gasteiger partial charge in [-0.15, -0.1) is 11.6 Å². The molecule has 0 radical (unpaired) electrons. The Morgan fingerprint density at radius 1 is 1.50 bits per heavy atom. The number of carbonyl (C=O) groups excluding carboxylic acids is 1. The van der Waals surface area contributed by atoms with E-state index in [1.54, 1.807) is 13.0 Å². The number of fused-ring (bicyclic) bond motifs is 1. The lowest BCUT2D eigenvalue weighted by Gasteiger charge is -2.01. The maximum Gasteiger partial charge on any atom is 0.354 e. The molecule has 5 heteroatoms. The van der Waals surface area contributed by atoms with Crippen molar-refractivity contribution < 1.29 is 9.53 Å². The monoisotopic (exact) mass is 290 g/mol. The summed E-state index contributed by atoms with van der Waals surface area (Å²) in [6.45, 7) is 2.13. The van der Waals surface area contributed by atoms with Gasteiger partial charge in [-0.2, -0.15) is 5.26 Å². The van der Waals surface area contributed by atoms with Crippen LogP contribution in [0.4, 0.5) is 0 Å². The molecule has 0 spiro atoms. The van der Waals surface area contributed by atoms with Crippen LogP contribution >= 0.6 is 11.6 Å². The maximum atomic E-state index is 11.6. The van der Waals surface area contributed by atoms with Gasteiger partial charge in [0.05, 0.1) is 12.7 Å². The second-order valence-corrected chi connectivity index (χ2v) is 4.99. The molecule has 0 aliphatic rings. The predicted octanol–water partition coefficient (Wildman–Crippen LogP) is 3.41. The van der Waals surface area contributed by atoms with E-state index in [0.29, 0.717) is 18.7 Å². The highest BCUT2D eigenvalue weighted by Gasteiger charge is 2.10. The molecule has 0 aliphatic heterocycles. The van der Waals surface area contributed by atoms with Gasteiger partial charge in [0.15, 0.2) is 0 Å². The van der Waals surface area contributed by atoms with Crippen molar-refractivity contribution in [3.8, 4) is 6.07 Å². The predicted molar refractivity (Wildman–Crippen MR) is 77.8 cm³/mol. The number of aromatic amines is 1. The third kappa shape index (κ3) is 3.31. The molecular weight excluding hydrogens is 276 g/mol. The Balaban J connectivity index is 2.17. The fourth-order valence-corrected chi connectivity index (χ4v) is 2.12. The Bertz CT molecular complexity index is 657. The smallest absolute Gasteiger partial charge is 0.354 e. The van der Waals surface area contributed by atoms with E-state index in [1.165, 1.54) is 0 Å². The summed E-state index contributed by atoms with van der Waals surface area (Å²) in [5.41, 5.74) is 2.43. The second kappa shape index (κ2) is 6.44. The number of nitriles is 1. The molecule has 2 rings (SSSR count). The zero-order chi connectivity index (χ0) is 14.5. The van der Waals surface area contributed by atoms with Crippen molar-refractivity contribution in [3.63, 3.8) is 0 Å². The van der Waals surface area contributed by atoms with E-state index >= 15 is 0 Å². The van der Waals surface area contributed by atoms with E-state index in [1.807, 2.05) is 24.3 Å². The molecule has 0 amide bonds. The second-order valence-electron chi connectivity index (χ2n) is 4.46. The molecular formula is C15H15ClN2O2. The summed E-state index contributed by atoms with van der Waals surface area (Å²) in [5, 5.41) is 9.15. The number of carbonyl (C=O) groups is 1. The molecule has 4 nitrogen and oxygen atoms in total. The van der Waals surface area contributed by atoms with E-state index in [-0.39, 0.29) is 5.97 Å². The number of rotatable bonds is 5. The van der Waals surface area contributed by atoms with Gasteiger partial charge in [-0.3, -0.25) is 0 Å². The third-order valence-electron chi connectivity index (χ3n) is 3.01. The van der Waals surface area contributed by atoms with Crippen LogP contribution in [0, 0.1) is 11.3 Å². The van der Waals surface area contributed by atoms with Crippen molar-refractivity contribution in [1.82, 2.24) is 4.98 Å². The molecule has 1 unspecified atom stereocenters. The summed E-state index contributed by atoms with van der Waals surface area (Å²) in [4.78, 5) is 14.7. The van der Waals surface area contributed by atoms with E-state index in [4.69, 9.17) is 21.6 Å². The molecule has 1 N–H and O–H groups in total. The van der Waals surface area contributed by atoms with Crippen LogP contribution in [0.3, 0.4) is 0 Å². The minimum Gasteiger partial charge on any atom is -0.461 e. The molecule has 0 fully saturated rings. The number of hydrogen-bond acceptors (Lipinski definition) is 3. The van der Waals surface area contributed by atoms with Gasteiger partial charge in [0, 0.05) is 10.9 Å². The van der Waals surface area contributed by atoms with Gasteiger partial charge in [-0.25, -0.2) is 4.79 Å². The first-order valence-electron chi connectivity index (χ1n) is 6.46. The Labute approximate surface area is 122 Å². The van der Waals surface area contributed by atoms with Crippen molar-refractivity contribution in [2.75, 3.05) is 6.61 Å². The van der Waals surface area contributed by atoms with Gasteiger partial charge in [-0.1, -0.05) is 6.07 Å². The molecule has 0 saturated heterocycles. The molecule has 0 bridgehead atoms. The molecule has 0 aliphatic carbocycles. The van der Waals surface area contributed by atoms with Gasteiger partial charge < -0.3 is 9.72 Å². The lowest BCUT2D eigenvalue weighted by atomic mass is 10.1. The first kappa shape index (κ1) is 14.4. The van der Waals surface area contributed by atoms with Crippen molar-refractivity contribution in [2.24, 2.45) is 0 Å². The third-order valence-corrected chi connectivity index (χ3v) is 3.32. The van der Waals surface area contributed by atoms with Crippen molar-refractivity contribution >= 4 is 28.5 Å². The highest BCUT2D eigenvalue weighted by atomic mass is 35.5. The molecule has 1 heterocycles. The van der Waals surface area contributed by atoms with Crippen LogP contribution in [0.1, 0.15) is 29.4 Å². The van der Waals surface area contributed by atoms with Crippen LogP contribution in [-0.2, 0) is 11.2 Å². The zero-order valence-corrected chi connectivity index (χ0v) is 11.9. The number of nitrogens with one attached hydrogen (secondary N) is 1. The molecule has 1 aromatic carbocycles. The van der Waals surface area contributed by atoms with Crippen molar-refractivity contribution in [2.45, 2.75) is 25.1 Å². The quantitative estimate of drug-likeness (QED) is 0.678. The highest BCUT2D eigenvalue weighted by Crippen LogP contribution is 2.19. The van der Waals surface area contributed by atoms with Gasteiger partial charge in [0.2, 0.25) is 0 Å². The Kier molecular flexibility index (Phi) is 4.65. The number of aryl methyl sites for hydroxylation is 1. The van der Waals surface area contributed by atoms with Crippen LogP contribution in [0.15, 0.2) is 24.3 Å². The molecule has 1 aromatic heterocycles. The lowest BCUT2D eigenvalue weighted by Crippen LogP contribution is -2.04. The number of H-pyrrole nitrogens is 1. The summed E-state index contributed by atoms with van der Waals surface area (Å²) in [6, 6.07) is 9.66. The highest BCUT2D eigenvalue weighted by molar-refractivity contribution is 6.22. The maximum absolute atomic E-state index is 11.6. The number of alkyl halides is 1. The van der Waals surface area contributed by atoms with Crippen LogP contribution < -0.4 is 0 Å². The summed E-state index contributed by atoms with van der Waals surface area (Å²) < 4.78 is 4.96. The number of hydrogen-bond donors (Lipinski definition) is 1.